The van der Waals surface area contributed by atoms with Crippen molar-refractivity contribution in [1.82, 2.24) is 9.97 Å². The second-order valence-corrected chi connectivity index (χ2v) is 5.68. The van der Waals surface area contributed by atoms with Crippen molar-refractivity contribution in [1.29, 1.82) is 5.26 Å². The van der Waals surface area contributed by atoms with Crippen LogP contribution in [0.15, 0.2) is 24.3 Å². The first-order chi connectivity index (χ1) is 12.0. The molecular formula is C17H16N4O4. The zero-order chi connectivity index (χ0) is 18.0. The van der Waals surface area contributed by atoms with Crippen LogP contribution >= 0.6 is 0 Å². The molecule has 128 valence electrons. The zero-order valence-corrected chi connectivity index (χ0v) is 13.5. The summed E-state index contributed by atoms with van der Waals surface area (Å²) < 4.78 is 10.9. The van der Waals surface area contributed by atoms with Gasteiger partial charge in [-0.2, -0.15) is 10.2 Å². The first kappa shape index (κ1) is 16.7. The number of ether oxygens (including phenoxy) is 2. The number of hydrogen-bond acceptors (Lipinski definition) is 7. The number of benzene rings is 1. The minimum absolute atomic E-state index is 0.0723. The van der Waals surface area contributed by atoms with Crippen LogP contribution in [-0.4, -0.2) is 40.4 Å². The van der Waals surface area contributed by atoms with Crippen molar-refractivity contribution in [3.8, 4) is 23.3 Å². The number of anilines is 1. The maximum absolute atomic E-state index is 11.5. The summed E-state index contributed by atoms with van der Waals surface area (Å²) in [6, 6.07) is 8.68. The molecule has 3 N–H and O–H groups in total. The van der Waals surface area contributed by atoms with Gasteiger partial charge in [0.1, 0.15) is 11.9 Å². The number of carbonyl (C=O) groups is 1. The lowest BCUT2D eigenvalue weighted by Gasteiger charge is -2.34. The second-order valence-electron chi connectivity index (χ2n) is 5.68. The first-order valence-electron chi connectivity index (χ1n) is 7.62. The average molecular weight is 340 g/mol. The van der Waals surface area contributed by atoms with E-state index in [1.807, 2.05) is 6.07 Å². The number of aromatic nitrogens is 2. The Labute approximate surface area is 143 Å². The number of nitrogens with zero attached hydrogens (tertiary/aromatic N) is 3. The molecule has 1 aromatic carbocycles. The molecule has 0 aliphatic heterocycles. The van der Waals surface area contributed by atoms with E-state index in [-0.39, 0.29) is 35.3 Å². The Balaban J connectivity index is 1.98. The number of rotatable bonds is 5. The first-order valence-corrected chi connectivity index (χ1v) is 7.62. The number of methoxy groups -OCH3 is 1. The van der Waals surface area contributed by atoms with Gasteiger partial charge in [0, 0.05) is 25.5 Å². The summed E-state index contributed by atoms with van der Waals surface area (Å²) in [4.78, 5) is 19.8. The van der Waals surface area contributed by atoms with Gasteiger partial charge in [0.15, 0.2) is 11.4 Å². The maximum atomic E-state index is 11.5. The number of aromatic carboxylic acids is 1. The van der Waals surface area contributed by atoms with E-state index in [0.717, 1.165) is 0 Å². The van der Waals surface area contributed by atoms with Gasteiger partial charge in [0.05, 0.1) is 17.7 Å². The molecule has 1 heterocycles. The summed E-state index contributed by atoms with van der Waals surface area (Å²) in [5.74, 6) is -1.31. The molecule has 1 aliphatic rings. The van der Waals surface area contributed by atoms with Crippen LogP contribution in [0, 0.1) is 11.3 Å². The van der Waals surface area contributed by atoms with E-state index in [4.69, 9.17) is 20.5 Å². The minimum atomic E-state index is -1.26. The Morgan fingerprint density at radius 2 is 2.12 bits per heavy atom. The molecule has 1 saturated carbocycles. The highest BCUT2D eigenvalue weighted by Gasteiger charge is 2.33. The normalized spacial score (nSPS) is 18.9. The van der Waals surface area contributed by atoms with Gasteiger partial charge in [0.2, 0.25) is 5.88 Å². The number of carboxylic acid groups (broad SMARTS) is 1. The fraction of sp³-hybridized carbons (Fsp3) is 0.294. The van der Waals surface area contributed by atoms with Crippen molar-refractivity contribution in [3.63, 3.8) is 0 Å². The van der Waals surface area contributed by atoms with E-state index in [1.165, 1.54) is 0 Å². The van der Waals surface area contributed by atoms with Gasteiger partial charge in [-0.05, 0) is 12.1 Å². The molecule has 0 amide bonds. The largest absolute Gasteiger partial charge is 0.477 e. The molecule has 0 spiro atoms. The topological polar surface area (TPSA) is 131 Å². The summed E-state index contributed by atoms with van der Waals surface area (Å²) in [6.07, 6.45) is 1.22. The predicted molar refractivity (Wildman–Crippen MR) is 88.0 cm³/mol. The number of nitriles is 1. The highest BCUT2D eigenvalue weighted by Crippen LogP contribution is 2.32. The maximum Gasteiger partial charge on any atom is 0.345 e. The molecule has 1 aliphatic carbocycles. The van der Waals surface area contributed by atoms with Crippen molar-refractivity contribution >= 4 is 11.8 Å². The average Bonchev–Trinajstić information content (AvgIpc) is 2.56. The molecule has 8 heteroatoms. The van der Waals surface area contributed by atoms with Crippen molar-refractivity contribution in [3.05, 3.63) is 35.4 Å². The van der Waals surface area contributed by atoms with Crippen molar-refractivity contribution in [2.24, 2.45) is 0 Å². The predicted octanol–water partition coefficient (Wildman–Crippen LogP) is 1.85. The quantitative estimate of drug-likeness (QED) is 0.843. The molecule has 8 nitrogen and oxygen atoms in total. The van der Waals surface area contributed by atoms with E-state index in [0.29, 0.717) is 24.0 Å². The van der Waals surface area contributed by atoms with Crippen LogP contribution in [0.4, 0.5) is 5.82 Å². The molecule has 0 atom stereocenters. The molecule has 25 heavy (non-hydrogen) atoms. The highest BCUT2D eigenvalue weighted by atomic mass is 16.5. The van der Waals surface area contributed by atoms with Crippen LogP contribution in [0.1, 0.15) is 28.8 Å². The lowest BCUT2D eigenvalue weighted by atomic mass is 9.92. The van der Waals surface area contributed by atoms with Crippen LogP contribution in [0.25, 0.3) is 11.4 Å². The smallest absolute Gasteiger partial charge is 0.345 e. The van der Waals surface area contributed by atoms with E-state index < -0.39 is 5.97 Å². The number of nitrogens with two attached hydrogens (primary N) is 1. The zero-order valence-electron chi connectivity index (χ0n) is 13.5. The fourth-order valence-corrected chi connectivity index (χ4v) is 2.56. The van der Waals surface area contributed by atoms with Gasteiger partial charge in [-0.15, -0.1) is 0 Å². The van der Waals surface area contributed by atoms with Gasteiger partial charge in [-0.25, -0.2) is 9.78 Å². The SMILES string of the molecule is COC1CC(Oc2nc(-c3cccc(C#N)c3)nc(N)c2C(=O)O)C1. The van der Waals surface area contributed by atoms with E-state index in [1.54, 1.807) is 31.4 Å². The Morgan fingerprint density at radius 3 is 2.76 bits per heavy atom. The minimum Gasteiger partial charge on any atom is -0.477 e. The summed E-state index contributed by atoms with van der Waals surface area (Å²) >= 11 is 0. The summed E-state index contributed by atoms with van der Waals surface area (Å²) in [7, 11) is 1.62. The van der Waals surface area contributed by atoms with Crippen molar-refractivity contribution < 1.29 is 19.4 Å². The van der Waals surface area contributed by atoms with Crippen LogP contribution in [0.5, 0.6) is 5.88 Å². The van der Waals surface area contributed by atoms with Crippen molar-refractivity contribution in [2.45, 2.75) is 25.0 Å². The monoisotopic (exact) mass is 340 g/mol. The Bertz CT molecular complexity index is 856. The summed E-state index contributed by atoms with van der Waals surface area (Å²) in [6.45, 7) is 0. The molecule has 0 unspecified atom stereocenters. The Morgan fingerprint density at radius 1 is 1.36 bits per heavy atom. The highest BCUT2D eigenvalue weighted by molar-refractivity contribution is 5.95. The van der Waals surface area contributed by atoms with Crippen LogP contribution in [0.3, 0.4) is 0 Å². The van der Waals surface area contributed by atoms with Gasteiger partial charge >= 0.3 is 5.97 Å². The van der Waals surface area contributed by atoms with Gasteiger partial charge < -0.3 is 20.3 Å². The lowest BCUT2D eigenvalue weighted by Crippen LogP contribution is -2.39. The molecule has 1 aromatic heterocycles. The Kier molecular flexibility index (Phi) is 4.50. The van der Waals surface area contributed by atoms with Crippen LogP contribution in [0.2, 0.25) is 0 Å². The van der Waals surface area contributed by atoms with Crippen LogP contribution in [-0.2, 0) is 4.74 Å². The number of nitrogen functional groups attached to an aromatic ring is 1. The lowest BCUT2D eigenvalue weighted by molar-refractivity contribution is -0.0399. The molecule has 2 aromatic rings. The molecule has 0 radical (unpaired) electrons. The number of hydrogen-bond donors (Lipinski definition) is 2. The third-order valence-electron chi connectivity index (χ3n) is 4.03. The second kappa shape index (κ2) is 6.75. The van der Waals surface area contributed by atoms with Crippen LogP contribution < -0.4 is 10.5 Å². The Hall–Kier alpha value is -3.18. The fourth-order valence-electron chi connectivity index (χ4n) is 2.56. The molecule has 1 fully saturated rings. The third-order valence-corrected chi connectivity index (χ3v) is 4.03. The summed E-state index contributed by atoms with van der Waals surface area (Å²) in [5, 5.41) is 18.4. The van der Waals surface area contributed by atoms with Gasteiger partial charge in [-0.1, -0.05) is 12.1 Å². The van der Waals surface area contributed by atoms with Gasteiger partial charge in [0.25, 0.3) is 0 Å². The van der Waals surface area contributed by atoms with Crippen molar-refractivity contribution in [2.75, 3.05) is 12.8 Å². The standard InChI is InChI=1S/C17H16N4O4/c1-24-11-6-12(7-11)25-16-13(17(22)23)14(19)20-15(21-16)10-4-2-3-9(5-10)8-18/h2-5,11-12H,6-7H2,1H3,(H,22,23)(H2,19,20,21). The summed E-state index contributed by atoms with van der Waals surface area (Å²) in [5.41, 5.74) is 6.54. The van der Waals surface area contributed by atoms with Gasteiger partial charge in [-0.3, -0.25) is 0 Å². The molecule has 3 rings (SSSR count). The van der Waals surface area contributed by atoms with E-state index in [9.17, 15) is 9.90 Å². The number of carboxylic acids is 1. The molecule has 0 bridgehead atoms. The van der Waals surface area contributed by atoms with E-state index in [2.05, 4.69) is 9.97 Å². The molecule has 0 saturated heterocycles. The third kappa shape index (κ3) is 3.36. The molecular weight excluding hydrogens is 324 g/mol. The van der Waals surface area contributed by atoms with E-state index >= 15 is 0 Å².